The van der Waals surface area contributed by atoms with Crippen LogP contribution in [0.1, 0.15) is 60.1 Å². The SMILES string of the molecule is C1CCCc2sc(C3CCCN3)nc2CC1. The first kappa shape index (κ1) is 10.7. The van der Waals surface area contributed by atoms with Crippen LogP contribution in [-0.4, -0.2) is 11.5 Å². The van der Waals surface area contributed by atoms with Gasteiger partial charge in [0.2, 0.25) is 0 Å². The molecule has 1 unspecified atom stereocenters. The molecule has 3 rings (SSSR count). The van der Waals surface area contributed by atoms with Crippen LogP contribution in [0.2, 0.25) is 0 Å². The molecule has 1 aromatic rings. The lowest BCUT2D eigenvalue weighted by molar-refractivity contribution is 0.608. The van der Waals surface area contributed by atoms with E-state index in [0.717, 1.165) is 0 Å². The monoisotopic (exact) mass is 236 g/mol. The molecule has 0 spiro atoms. The molecular formula is C13H20N2S. The number of hydrogen-bond donors (Lipinski definition) is 1. The van der Waals surface area contributed by atoms with Crippen molar-refractivity contribution in [1.82, 2.24) is 10.3 Å². The summed E-state index contributed by atoms with van der Waals surface area (Å²) >= 11 is 1.98. The molecule has 0 saturated carbocycles. The van der Waals surface area contributed by atoms with Crippen molar-refractivity contribution in [1.29, 1.82) is 0 Å². The van der Waals surface area contributed by atoms with Crippen molar-refractivity contribution in [3.05, 3.63) is 15.6 Å². The minimum atomic E-state index is 0.568. The predicted molar refractivity (Wildman–Crippen MR) is 68.0 cm³/mol. The molecule has 1 fully saturated rings. The molecular weight excluding hydrogens is 216 g/mol. The number of nitrogens with zero attached hydrogens (tertiary/aromatic N) is 1. The Labute approximate surface area is 101 Å². The van der Waals surface area contributed by atoms with Gasteiger partial charge in [-0.1, -0.05) is 12.8 Å². The van der Waals surface area contributed by atoms with Crippen molar-refractivity contribution < 1.29 is 0 Å². The van der Waals surface area contributed by atoms with Crippen molar-refractivity contribution in [3.63, 3.8) is 0 Å². The van der Waals surface area contributed by atoms with Crippen LogP contribution >= 0.6 is 11.3 Å². The van der Waals surface area contributed by atoms with Crippen molar-refractivity contribution in [2.24, 2.45) is 0 Å². The average molecular weight is 236 g/mol. The summed E-state index contributed by atoms with van der Waals surface area (Å²) in [6.45, 7) is 1.18. The molecule has 0 radical (unpaired) electrons. The standard InChI is InChI=1S/C13H20N2S/c1-2-4-8-12-10(6-3-1)15-13(16-12)11-7-5-9-14-11/h11,14H,1-9H2. The lowest BCUT2D eigenvalue weighted by Crippen LogP contribution is -2.12. The molecule has 2 aliphatic rings. The van der Waals surface area contributed by atoms with E-state index in [0.29, 0.717) is 6.04 Å². The Morgan fingerprint density at radius 2 is 1.94 bits per heavy atom. The van der Waals surface area contributed by atoms with Crippen molar-refractivity contribution in [3.8, 4) is 0 Å². The van der Waals surface area contributed by atoms with Gasteiger partial charge < -0.3 is 5.32 Å². The Morgan fingerprint density at radius 3 is 2.75 bits per heavy atom. The van der Waals surface area contributed by atoms with Crippen molar-refractivity contribution >= 4 is 11.3 Å². The molecule has 0 aromatic carbocycles. The first-order valence-electron chi connectivity index (χ1n) is 6.65. The first-order valence-corrected chi connectivity index (χ1v) is 7.47. The second kappa shape index (κ2) is 4.84. The van der Waals surface area contributed by atoms with Crippen molar-refractivity contribution in [2.45, 2.75) is 57.4 Å². The highest BCUT2D eigenvalue weighted by Gasteiger charge is 2.22. The van der Waals surface area contributed by atoms with Gasteiger partial charge in [-0.25, -0.2) is 4.98 Å². The third-order valence-corrected chi connectivity index (χ3v) is 4.99. The highest BCUT2D eigenvalue weighted by molar-refractivity contribution is 7.11. The Morgan fingerprint density at radius 1 is 1.06 bits per heavy atom. The third-order valence-electron chi connectivity index (χ3n) is 3.72. The van der Waals surface area contributed by atoms with Gasteiger partial charge in [-0.15, -0.1) is 11.3 Å². The molecule has 0 amide bonds. The van der Waals surface area contributed by atoms with Gasteiger partial charge in [0.05, 0.1) is 11.7 Å². The number of rotatable bonds is 1. The number of aromatic nitrogens is 1. The van der Waals surface area contributed by atoms with Gasteiger partial charge in [0.15, 0.2) is 0 Å². The fourth-order valence-electron chi connectivity index (χ4n) is 2.77. The van der Waals surface area contributed by atoms with E-state index in [-0.39, 0.29) is 0 Å². The maximum atomic E-state index is 4.89. The maximum absolute atomic E-state index is 4.89. The van der Waals surface area contributed by atoms with Gasteiger partial charge in [-0.05, 0) is 45.1 Å². The molecule has 1 aliphatic heterocycles. The molecule has 2 nitrogen and oxygen atoms in total. The molecule has 88 valence electrons. The summed E-state index contributed by atoms with van der Waals surface area (Å²) in [5.41, 5.74) is 1.42. The zero-order valence-corrected chi connectivity index (χ0v) is 10.6. The van der Waals surface area contributed by atoms with E-state index >= 15 is 0 Å². The first-order chi connectivity index (χ1) is 7.93. The predicted octanol–water partition coefficient (Wildman–Crippen LogP) is 3.23. The molecule has 1 atom stereocenters. The van der Waals surface area contributed by atoms with E-state index in [1.165, 1.54) is 68.6 Å². The molecule has 1 saturated heterocycles. The fourth-order valence-corrected chi connectivity index (χ4v) is 4.03. The van der Waals surface area contributed by atoms with Crippen LogP contribution in [0.25, 0.3) is 0 Å². The van der Waals surface area contributed by atoms with Gasteiger partial charge in [0.25, 0.3) is 0 Å². The molecule has 3 heteroatoms. The highest BCUT2D eigenvalue weighted by Crippen LogP contribution is 2.31. The lowest BCUT2D eigenvalue weighted by atomic mass is 10.0. The van der Waals surface area contributed by atoms with Gasteiger partial charge in [-0.3, -0.25) is 0 Å². The second-order valence-corrected chi connectivity index (χ2v) is 6.10. The van der Waals surface area contributed by atoms with Gasteiger partial charge in [0, 0.05) is 4.88 Å². The summed E-state index contributed by atoms with van der Waals surface area (Å²) in [6.07, 6.45) is 10.6. The quantitative estimate of drug-likeness (QED) is 0.810. The van der Waals surface area contributed by atoms with Crippen LogP contribution in [0.3, 0.4) is 0 Å². The zero-order valence-electron chi connectivity index (χ0n) is 9.80. The molecule has 1 N–H and O–H groups in total. The lowest BCUT2D eigenvalue weighted by Gasteiger charge is -2.06. The molecule has 1 aromatic heterocycles. The smallest absolute Gasteiger partial charge is 0.110 e. The van der Waals surface area contributed by atoms with Crippen LogP contribution in [0, 0.1) is 0 Å². The second-order valence-electron chi connectivity index (χ2n) is 4.99. The van der Waals surface area contributed by atoms with Crippen molar-refractivity contribution in [2.75, 3.05) is 6.54 Å². The minimum Gasteiger partial charge on any atom is -0.308 e. The largest absolute Gasteiger partial charge is 0.308 e. The van der Waals surface area contributed by atoms with E-state index < -0.39 is 0 Å². The molecule has 1 aliphatic carbocycles. The summed E-state index contributed by atoms with van der Waals surface area (Å²) in [5, 5.41) is 4.93. The van der Waals surface area contributed by atoms with E-state index in [1.54, 1.807) is 4.88 Å². The number of nitrogens with one attached hydrogen (secondary N) is 1. The van der Waals surface area contributed by atoms with E-state index in [9.17, 15) is 0 Å². The minimum absolute atomic E-state index is 0.568. The summed E-state index contributed by atoms with van der Waals surface area (Å²) in [5.74, 6) is 0. The summed E-state index contributed by atoms with van der Waals surface area (Å²) < 4.78 is 0. The van der Waals surface area contributed by atoms with Gasteiger partial charge in [-0.2, -0.15) is 0 Å². The average Bonchev–Trinajstić information content (AvgIpc) is 2.86. The maximum Gasteiger partial charge on any atom is 0.110 e. The van der Waals surface area contributed by atoms with Crippen LogP contribution in [0.5, 0.6) is 0 Å². The van der Waals surface area contributed by atoms with Crippen LogP contribution in [0.4, 0.5) is 0 Å². The highest BCUT2D eigenvalue weighted by atomic mass is 32.1. The Kier molecular flexibility index (Phi) is 3.25. The Bertz CT molecular complexity index is 327. The Hall–Kier alpha value is -0.410. The number of aryl methyl sites for hydroxylation is 2. The normalized spacial score (nSPS) is 26.1. The van der Waals surface area contributed by atoms with Crippen LogP contribution in [-0.2, 0) is 12.8 Å². The summed E-state index contributed by atoms with van der Waals surface area (Å²) in [6, 6.07) is 0.568. The summed E-state index contributed by atoms with van der Waals surface area (Å²) in [4.78, 5) is 6.48. The van der Waals surface area contributed by atoms with Crippen LogP contribution < -0.4 is 5.32 Å². The van der Waals surface area contributed by atoms with E-state index in [1.807, 2.05) is 11.3 Å². The van der Waals surface area contributed by atoms with E-state index in [2.05, 4.69) is 5.32 Å². The summed E-state index contributed by atoms with van der Waals surface area (Å²) in [7, 11) is 0. The third kappa shape index (κ3) is 2.16. The van der Waals surface area contributed by atoms with Gasteiger partial charge in [0.1, 0.15) is 5.01 Å². The number of thiazole rings is 1. The van der Waals surface area contributed by atoms with Crippen LogP contribution in [0.15, 0.2) is 0 Å². The fraction of sp³-hybridized carbons (Fsp3) is 0.769. The molecule has 16 heavy (non-hydrogen) atoms. The van der Waals surface area contributed by atoms with Gasteiger partial charge >= 0.3 is 0 Å². The molecule has 0 bridgehead atoms. The molecule has 2 heterocycles. The number of hydrogen-bond acceptors (Lipinski definition) is 3. The zero-order chi connectivity index (χ0) is 10.8. The Balaban J connectivity index is 1.82. The topological polar surface area (TPSA) is 24.9 Å². The van der Waals surface area contributed by atoms with E-state index in [4.69, 9.17) is 4.98 Å². The number of fused-ring (bicyclic) bond motifs is 1.